The fourth-order valence-electron chi connectivity index (χ4n) is 1.77. The zero-order chi connectivity index (χ0) is 13.1. The molecule has 0 aliphatic carbocycles. The van der Waals surface area contributed by atoms with E-state index in [4.69, 9.17) is 17.3 Å². The van der Waals surface area contributed by atoms with E-state index < -0.39 is 0 Å². The first-order chi connectivity index (χ1) is 8.54. The molecule has 1 heterocycles. The van der Waals surface area contributed by atoms with Crippen LogP contribution in [-0.4, -0.2) is 9.97 Å². The van der Waals surface area contributed by atoms with Crippen LogP contribution in [0, 0.1) is 5.92 Å². The molecule has 18 heavy (non-hydrogen) atoms. The van der Waals surface area contributed by atoms with Gasteiger partial charge in [-0.15, -0.1) is 0 Å². The standard InChI is InChI=1S/C14H16ClN3/c1-9(2)7-12-8-13(16)18-14(17-12)10-3-5-11(15)6-4-10/h3-6,8-9H,7H2,1-2H3,(H2,16,17,18). The molecule has 1 aromatic carbocycles. The molecule has 0 aliphatic rings. The van der Waals surface area contributed by atoms with Crippen LogP contribution in [0.2, 0.25) is 5.02 Å². The Kier molecular flexibility index (Phi) is 3.82. The highest BCUT2D eigenvalue weighted by Gasteiger charge is 2.07. The Balaban J connectivity index is 2.38. The van der Waals surface area contributed by atoms with Gasteiger partial charge in [0, 0.05) is 22.3 Å². The summed E-state index contributed by atoms with van der Waals surface area (Å²) in [5.41, 5.74) is 7.73. The lowest BCUT2D eigenvalue weighted by atomic mass is 10.1. The highest BCUT2D eigenvalue weighted by Crippen LogP contribution is 2.20. The molecule has 0 amide bonds. The second-order valence-corrected chi connectivity index (χ2v) is 5.15. The number of hydrogen-bond donors (Lipinski definition) is 1. The van der Waals surface area contributed by atoms with Gasteiger partial charge >= 0.3 is 0 Å². The van der Waals surface area contributed by atoms with E-state index in [0.717, 1.165) is 17.7 Å². The number of anilines is 1. The summed E-state index contributed by atoms with van der Waals surface area (Å²) in [5, 5.41) is 0.699. The average Bonchev–Trinajstić information content (AvgIpc) is 2.28. The van der Waals surface area contributed by atoms with Crippen molar-refractivity contribution >= 4 is 17.4 Å². The molecule has 2 aromatic rings. The maximum Gasteiger partial charge on any atom is 0.161 e. The lowest BCUT2D eigenvalue weighted by Gasteiger charge is -2.08. The fraction of sp³-hybridized carbons (Fsp3) is 0.286. The van der Waals surface area contributed by atoms with Gasteiger partial charge in [-0.1, -0.05) is 25.4 Å². The molecular formula is C14H16ClN3. The van der Waals surface area contributed by atoms with E-state index >= 15 is 0 Å². The Morgan fingerprint density at radius 1 is 1.17 bits per heavy atom. The highest BCUT2D eigenvalue weighted by molar-refractivity contribution is 6.30. The Labute approximate surface area is 112 Å². The largest absolute Gasteiger partial charge is 0.384 e. The van der Waals surface area contributed by atoms with Gasteiger partial charge < -0.3 is 5.73 Å². The van der Waals surface area contributed by atoms with Gasteiger partial charge in [0.2, 0.25) is 0 Å². The fourth-order valence-corrected chi connectivity index (χ4v) is 1.90. The van der Waals surface area contributed by atoms with Gasteiger partial charge in [-0.05, 0) is 36.6 Å². The summed E-state index contributed by atoms with van der Waals surface area (Å²) in [5.74, 6) is 1.70. The van der Waals surface area contributed by atoms with Crippen molar-refractivity contribution in [2.24, 2.45) is 5.92 Å². The number of nitrogens with zero attached hydrogens (tertiary/aromatic N) is 2. The number of nitrogens with two attached hydrogens (primary N) is 1. The molecule has 2 rings (SSSR count). The van der Waals surface area contributed by atoms with Crippen LogP contribution in [0.1, 0.15) is 19.5 Å². The third kappa shape index (κ3) is 3.20. The molecule has 0 spiro atoms. The smallest absolute Gasteiger partial charge is 0.161 e. The molecule has 4 heteroatoms. The number of rotatable bonds is 3. The minimum atomic E-state index is 0.505. The summed E-state index contributed by atoms with van der Waals surface area (Å²) in [7, 11) is 0. The van der Waals surface area contributed by atoms with Crippen LogP contribution in [0.4, 0.5) is 5.82 Å². The summed E-state index contributed by atoms with van der Waals surface area (Å²) in [6.07, 6.45) is 0.896. The first kappa shape index (κ1) is 12.8. The summed E-state index contributed by atoms with van der Waals surface area (Å²) < 4.78 is 0. The van der Waals surface area contributed by atoms with Crippen molar-refractivity contribution < 1.29 is 0 Å². The van der Waals surface area contributed by atoms with Crippen LogP contribution < -0.4 is 5.73 Å². The minimum absolute atomic E-state index is 0.505. The van der Waals surface area contributed by atoms with Gasteiger partial charge in [-0.25, -0.2) is 9.97 Å². The van der Waals surface area contributed by atoms with Crippen molar-refractivity contribution in [3.63, 3.8) is 0 Å². The number of halogens is 1. The Hall–Kier alpha value is -1.61. The summed E-state index contributed by atoms with van der Waals surface area (Å²) in [6.45, 7) is 4.31. The Morgan fingerprint density at radius 3 is 2.44 bits per heavy atom. The molecule has 94 valence electrons. The molecule has 0 atom stereocenters. The average molecular weight is 262 g/mol. The molecule has 0 aliphatic heterocycles. The predicted octanol–water partition coefficient (Wildman–Crippen LogP) is 3.58. The van der Waals surface area contributed by atoms with Gasteiger partial charge in [0.25, 0.3) is 0 Å². The van der Waals surface area contributed by atoms with Crippen molar-refractivity contribution in [1.29, 1.82) is 0 Å². The summed E-state index contributed by atoms with van der Waals surface area (Å²) in [6, 6.07) is 9.28. The molecule has 0 bridgehead atoms. The van der Waals surface area contributed by atoms with Crippen LogP contribution in [0.5, 0.6) is 0 Å². The lowest BCUT2D eigenvalue weighted by molar-refractivity contribution is 0.635. The number of aromatic nitrogens is 2. The number of benzene rings is 1. The maximum atomic E-state index is 5.87. The van der Waals surface area contributed by atoms with Crippen LogP contribution >= 0.6 is 11.6 Å². The SMILES string of the molecule is CC(C)Cc1cc(N)nc(-c2ccc(Cl)cc2)n1. The molecule has 1 aromatic heterocycles. The normalized spacial score (nSPS) is 10.9. The molecule has 0 radical (unpaired) electrons. The summed E-state index contributed by atoms with van der Waals surface area (Å²) >= 11 is 5.87. The Bertz CT molecular complexity index is 535. The van der Waals surface area contributed by atoms with E-state index in [9.17, 15) is 0 Å². The monoisotopic (exact) mass is 261 g/mol. The number of hydrogen-bond acceptors (Lipinski definition) is 3. The summed E-state index contributed by atoms with van der Waals surface area (Å²) in [4.78, 5) is 8.80. The maximum absolute atomic E-state index is 5.87. The van der Waals surface area contributed by atoms with E-state index in [1.54, 1.807) is 0 Å². The van der Waals surface area contributed by atoms with E-state index in [0.29, 0.717) is 22.6 Å². The van der Waals surface area contributed by atoms with Crippen molar-refractivity contribution in [3.8, 4) is 11.4 Å². The van der Waals surface area contributed by atoms with Gasteiger partial charge in [0.05, 0.1) is 0 Å². The van der Waals surface area contributed by atoms with Gasteiger partial charge in [-0.3, -0.25) is 0 Å². The molecule has 0 saturated heterocycles. The van der Waals surface area contributed by atoms with Gasteiger partial charge in [0.15, 0.2) is 5.82 Å². The van der Waals surface area contributed by atoms with E-state index in [-0.39, 0.29) is 0 Å². The lowest BCUT2D eigenvalue weighted by Crippen LogP contribution is -2.03. The topological polar surface area (TPSA) is 51.8 Å². The molecule has 0 saturated carbocycles. The highest BCUT2D eigenvalue weighted by atomic mass is 35.5. The van der Waals surface area contributed by atoms with Crippen molar-refractivity contribution in [1.82, 2.24) is 9.97 Å². The third-order valence-corrected chi connectivity index (χ3v) is 2.77. The van der Waals surface area contributed by atoms with Crippen LogP contribution in [-0.2, 0) is 6.42 Å². The molecule has 2 N–H and O–H groups in total. The van der Waals surface area contributed by atoms with Crippen molar-refractivity contribution in [2.45, 2.75) is 20.3 Å². The zero-order valence-electron chi connectivity index (χ0n) is 10.5. The number of nitrogen functional groups attached to an aromatic ring is 1. The van der Waals surface area contributed by atoms with E-state index in [1.807, 2.05) is 30.3 Å². The second kappa shape index (κ2) is 5.36. The molecule has 3 nitrogen and oxygen atoms in total. The minimum Gasteiger partial charge on any atom is -0.384 e. The molecule has 0 unspecified atom stereocenters. The predicted molar refractivity (Wildman–Crippen MR) is 75.4 cm³/mol. The van der Waals surface area contributed by atoms with Gasteiger partial charge in [-0.2, -0.15) is 0 Å². The second-order valence-electron chi connectivity index (χ2n) is 4.71. The van der Waals surface area contributed by atoms with Crippen LogP contribution in [0.15, 0.2) is 30.3 Å². The van der Waals surface area contributed by atoms with Crippen LogP contribution in [0.25, 0.3) is 11.4 Å². The molecular weight excluding hydrogens is 246 g/mol. The third-order valence-electron chi connectivity index (χ3n) is 2.52. The first-order valence-electron chi connectivity index (χ1n) is 5.94. The van der Waals surface area contributed by atoms with Crippen molar-refractivity contribution in [2.75, 3.05) is 5.73 Å². The van der Waals surface area contributed by atoms with E-state index in [2.05, 4.69) is 23.8 Å². The quantitative estimate of drug-likeness (QED) is 0.919. The first-order valence-corrected chi connectivity index (χ1v) is 6.32. The van der Waals surface area contributed by atoms with Crippen LogP contribution in [0.3, 0.4) is 0 Å². The van der Waals surface area contributed by atoms with E-state index in [1.165, 1.54) is 0 Å². The van der Waals surface area contributed by atoms with Crippen molar-refractivity contribution in [3.05, 3.63) is 41.0 Å². The Morgan fingerprint density at radius 2 is 1.83 bits per heavy atom. The zero-order valence-corrected chi connectivity index (χ0v) is 11.3. The van der Waals surface area contributed by atoms with Gasteiger partial charge in [0.1, 0.15) is 5.82 Å². The molecule has 0 fully saturated rings.